The zero-order valence-electron chi connectivity index (χ0n) is 15.7. The van der Waals surface area contributed by atoms with E-state index in [0.29, 0.717) is 33.3 Å². The van der Waals surface area contributed by atoms with E-state index in [4.69, 9.17) is 25.5 Å². The molecule has 146 valence electrons. The topological polar surface area (TPSA) is 61.6 Å². The Kier molecular flexibility index (Phi) is 5.49. The summed E-state index contributed by atoms with van der Waals surface area (Å²) in [7, 11) is 0. The van der Waals surface area contributed by atoms with Gasteiger partial charge in [-0.1, -0.05) is 41.9 Å². The van der Waals surface area contributed by atoms with Crippen LogP contribution in [-0.2, 0) is 4.74 Å². The van der Waals surface area contributed by atoms with Gasteiger partial charge in [-0.3, -0.25) is 0 Å². The van der Waals surface area contributed by atoms with Gasteiger partial charge in [0.2, 0.25) is 0 Å². The highest BCUT2D eigenvalue weighted by atomic mass is 35.5. The van der Waals surface area contributed by atoms with E-state index in [2.05, 4.69) is 4.98 Å². The number of ether oxygens (including phenoxy) is 2. The number of aryl methyl sites for hydroxylation is 1. The summed E-state index contributed by atoms with van der Waals surface area (Å²) < 4.78 is 16.7. The minimum atomic E-state index is -0.448. The molecular formula is C23H18ClNO4. The molecule has 4 aromatic rings. The molecule has 2 aromatic heterocycles. The number of fused-ring (bicyclic) bond motifs is 1. The number of benzene rings is 2. The van der Waals surface area contributed by atoms with Crippen molar-refractivity contribution in [1.82, 2.24) is 4.98 Å². The van der Waals surface area contributed by atoms with E-state index in [0.717, 1.165) is 11.1 Å². The first-order valence-corrected chi connectivity index (χ1v) is 9.50. The normalized spacial score (nSPS) is 10.8. The Labute approximate surface area is 172 Å². The van der Waals surface area contributed by atoms with E-state index in [9.17, 15) is 4.79 Å². The molecule has 0 amide bonds. The van der Waals surface area contributed by atoms with Crippen LogP contribution in [-0.4, -0.2) is 24.2 Å². The second-order valence-electron chi connectivity index (χ2n) is 6.40. The lowest BCUT2D eigenvalue weighted by Crippen LogP contribution is -2.13. The number of halogens is 1. The number of carbonyl (C=O) groups excluding carboxylic acids is 1. The third kappa shape index (κ3) is 4.25. The molecule has 0 unspecified atom stereocenters. The van der Waals surface area contributed by atoms with E-state index in [1.54, 1.807) is 18.2 Å². The van der Waals surface area contributed by atoms with Crippen LogP contribution in [0, 0.1) is 6.92 Å². The fourth-order valence-corrected chi connectivity index (χ4v) is 3.16. The smallest absolute Gasteiger partial charge is 0.339 e. The number of aromatic nitrogens is 1. The quantitative estimate of drug-likeness (QED) is 0.303. The van der Waals surface area contributed by atoms with Crippen LogP contribution < -0.4 is 4.74 Å². The second kappa shape index (κ2) is 8.37. The maximum atomic E-state index is 12.8. The maximum absolute atomic E-state index is 12.8. The lowest BCUT2D eigenvalue weighted by atomic mass is 10.1. The van der Waals surface area contributed by atoms with Crippen LogP contribution in [0.5, 0.6) is 5.75 Å². The summed E-state index contributed by atoms with van der Waals surface area (Å²) in [4.78, 5) is 17.4. The molecule has 2 heterocycles. The minimum Gasteiger partial charge on any atom is -0.488 e. The number of pyridine rings is 1. The standard InChI is InChI=1S/C23H18ClNO4/c1-15-10-11-22(29-15)20-14-17(16-6-2-4-8-19(16)25-20)23(26)28-13-12-27-21-9-5-3-7-18(21)24/h2-11,14H,12-13H2,1H3. The van der Waals surface area contributed by atoms with Gasteiger partial charge in [0.25, 0.3) is 0 Å². The molecule has 0 aliphatic rings. The average Bonchev–Trinajstić information content (AvgIpc) is 3.18. The van der Waals surface area contributed by atoms with Crippen LogP contribution in [0.2, 0.25) is 5.02 Å². The number of carbonyl (C=O) groups is 1. The highest BCUT2D eigenvalue weighted by Gasteiger charge is 2.16. The van der Waals surface area contributed by atoms with Crippen molar-refractivity contribution < 1.29 is 18.7 Å². The van der Waals surface area contributed by atoms with Crippen molar-refractivity contribution in [3.63, 3.8) is 0 Å². The van der Waals surface area contributed by atoms with Gasteiger partial charge in [-0.2, -0.15) is 0 Å². The van der Waals surface area contributed by atoms with Crippen molar-refractivity contribution in [3.8, 4) is 17.2 Å². The van der Waals surface area contributed by atoms with E-state index in [1.165, 1.54) is 0 Å². The van der Waals surface area contributed by atoms with E-state index >= 15 is 0 Å². The van der Waals surface area contributed by atoms with Gasteiger partial charge in [-0.05, 0) is 43.3 Å². The van der Waals surface area contributed by atoms with Gasteiger partial charge in [0.1, 0.15) is 30.4 Å². The summed E-state index contributed by atoms with van der Waals surface area (Å²) >= 11 is 6.06. The Bertz CT molecular complexity index is 1170. The summed E-state index contributed by atoms with van der Waals surface area (Å²) in [5, 5.41) is 1.23. The molecule has 0 radical (unpaired) electrons. The van der Waals surface area contributed by atoms with Crippen molar-refractivity contribution in [1.29, 1.82) is 0 Å². The summed E-state index contributed by atoms with van der Waals surface area (Å²) in [5.74, 6) is 1.48. The van der Waals surface area contributed by atoms with Gasteiger partial charge < -0.3 is 13.9 Å². The fourth-order valence-electron chi connectivity index (χ4n) is 2.97. The van der Waals surface area contributed by atoms with Crippen LogP contribution in [0.25, 0.3) is 22.4 Å². The van der Waals surface area contributed by atoms with Gasteiger partial charge in [-0.15, -0.1) is 0 Å². The summed E-state index contributed by atoms with van der Waals surface area (Å²) in [5.41, 5.74) is 1.70. The molecule has 0 saturated carbocycles. The van der Waals surface area contributed by atoms with Crippen molar-refractivity contribution in [2.75, 3.05) is 13.2 Å². The van der Waals surface area contributed by atoms with Crippen LogP contribution in [0.15, 0.2) is 71.1 Å². The van der Waals surface area contributed by atoms with Gasteiger partial charge >= 0.3 is 5.97 Å². The number of rotatable bonds is 6. The Morgan fingerprint density at radius 2 is 1.83 bits per heavy atom. The largest absolute Gasteiger partial charge is 0.488 e. The lowest BCUT2D eigenvalue weighted by molar-refractivity contribution is 0.0453. The molecule has 29 heavy (non-hydrogen) atoms. The molecule has 0 spiro atoms. The van der Waals surface area contributed by atoms with E-state index in [1.807, 2.05) is 55.5 Å². The van der Waals surface area contributed by atoms with Crippen molar-refractivity contribution in [3.05, 3.63) is 83.1 Å². The molecule has 0 fully saturated rings. The molecule has 0 N–H and O–H groups in total. The van der Waals surface area contributed by atoms with Crippen LogP contribution in [0.1, 0.15) is 16.1 Å². The summed E-state index contributed by atoms with van der Waals surface area (Å²) in [6.07, 6.45) is 0. The average molecular weight is 408 g/mol. The van der Waals surface area contributed by atoms with Crippen LogP contribution in [0.4, 0.5) is 0 Å². The molecule has 2 aromatic carbocycles. The number of nitrogens with zero attached hydrogens (tertiary/aromatic N) is 1. The van der Waals surface area contributed by atoms with E-state index < -0.39 is 5.97 Å². The Hall–Kier alpha value is -3.31. The maximum Gasteiger partial charge on any atom is 0.339 e. The van der Waals surface area contributed by atoms with Gasteiger partial charge in [-0.25, -0.2) is 9.78 Å². The van der Waals surface area contributed by atoms with Gasteiger partial charge in [0, 0.05) is 5.39 Å². The van der Waals surface area contributed by atoms with Crippen molar-refractivity contribution in [2.24, 2.45) is 0 Å². The molecular weight excluding hydrogens is 390 g/mol. The molecule has 0 bridgehead atoms. The SMILES string of the molecule is Cc1ccc(-c2cc(C(=O)OCCOc3ccccc3Cl)c3ccccc3n2)o1. The zero-order valence-corrected chi connectivity index (χ0v) is 16.5. The molecule has 0 aliphatic heterocycles. The summed E-state index contributed by atoms with van der Waals surface area (Å²) in [6, 6.07) is 20.0. The first-order chi connectivity index (χ1) is 14.1. The Morgan fingerprint density at radius 1 is 1.03 bits per heavy atom. The fraction of sp³-hybridized carbons (Fsp3) is 0.130. The van der Waals surface area contributed by atoms with E-state index in [-0.39, 0.29) is 13.2 Å². The number of para-hydroxylation sites is 2. The number of hydrogen-bond donors (Lipinski definition) is 0. The second-order valence-corrected chi connectivity index (χ2v) is 6.80. The number of furan rings is 1. The third-order valence-corrected chi connectivity index (χ3v) is 4.65. The van der Waals surface area contributed by atoms with Gasteiger partial charge in [0.15, 0.2) is 5.76 Å². The predicted octanol–water partition coefficient (Wildman–Crippen LogP) is 5.69. The van der Waals surface area contributed by atoms with Crippen LogP contribution in [0.3, 0.4) is 0 Å². The molecule has 0 saturated heterocycles. The zero-order chi connectivity index (χ0) is 20.2. The Morgan fingerprint density at radius 3 is 2.62 bits per heavy atom. The first kappa shape index (κ1) is 19.0. The molecule has 0 atom stereocenters. The number of hydrogen-bond acceptors (Lipinski definition) is 5. The third-order valence-electron chi connectivity index (χ3n) is 4.34. The first-order valence-electron chi connectivity index (χ1n) is 9.13. The highest BCUT2D eigenvalue weighted by molar-refractivity contribution is 6.32. The lowest BCUT2D eigenvalue weighted by Gasteiger charge is -2.10. The predicted molar refractivity (Wildman–Crippen MR) is 111 cm³/mol. The number of esters is 1. The molecule has 5 nitrogen and oxygen atoms in total. The molecule has 0 aliphatic carbocycles. The molecule has 4 rings (SSSR count). The van der Waals surface area contributed by atoms with Crippen molar-refractivity contribution in [2.45, 2.75) is 6.92 Å². The molecule has 6 heteroatoms. The Balaban J connectivity index is 1.52. The summed E-state index contributed by atoms with van der Waals surface area (Å²) in [6.45, 7) is 2.15. The van der Waals surface area contributed by atoms with Gasteiger partial charge in [0.05, 0.1) is 16.1 Å². The van der Waals surface area contributed by atoms with Crippen LogP contribution >= 0.6 is 11.6 Å². The highest BCUT2D eigenvalue weighted by Crippen LogP contribution is 2.27. The monoisotopic (exact) mass is 407 g/mol. The van der Waals surface area contributed by atoms with Crippen molar-refractivity contribution >= 4 is 28.5 Å². The minimum absolute atomic E-state index is 0.0932.